The smallest absolute Gasteiger partial charge is 0.271 e. The van der Waals surface area contributed by atoms with Crippen LogP contribution in [0.15, 0.2) is 42.5 Å². The first-order valence-electron chi connectivity index (χ1n) is 7.93. The number of rotatable bonds is 7. The van der Waals surface area contributed by atoms with Crippen LogP contribution >= 0.6 is 0 Å². The van der Waals surface area contributed by atoms with Crippen molar-refractivity contribution in [3.8, 4) is 22.8 Å². The molecule has 0 saturated heterocycles. The number of halogens is 1. The highest BCUT2D eigenvalue weighted by molar-refractivity contribution is 5.96. The third-order valence-corrected chi connectivity index (χ3v) is 3.58. The molecule has 0 spiro atoms. The van der Waals surface area contributed by atoms with Crippen LogP contribution in [-0.2, 0) is 6.61 Å². The average Bonchev–Trinajstić information content (AvgIpc) is 3.11. The highest BCUT2D eigenvalue weighted by Crippen LogP contribution is 2.33. The van der Waals surface area contributed by atoms with Gasteiger partial charge in [0.25, 0.3) is 5.91 Å². The Balaban J connectivity index is 1.87. The predicted octanol–water partition coefficient (Wildman–Crippen LogP) is 2.69. The fourth-order valence-corrected chi connectivity index (χ4v) is 2.43. The summed E-state index contributed by atoms with van der Waals surface area (Å²) in [7, 11) is 0. The molecule has 3 rings (SSSR count). The molecule has 0 saturated carbocycles. The predicted molar refractivity (Wildman–Crippen MR) is 92.2 cm³/mol. The number of hydrogen-bond donors (Lipinski definition) is 2. The van der Waals surface area contributed by atoms with Gasteiger partial charge in [0, 0.05) is 5.56 Å². The molecule has 7 nitrogen and oxygen atoms in total. The molecule has 2 aromatic carbocycles. The van der Waals surface area contributed by atoms with Crippen LogP contribution in [0.3, 0.4) is 0 Å². The van der Waals surface area contributed by atoms with Crippen LogP contribution in [-0.4, -0.2) is 27.9 Å². The summed E-state index contributed by atoms with van der Waals surface area (Å²) in [5, 5.41) is 10.1. The number of benzene rings is 2. The minimum atomic E-state index is -0.682. The van der Waals surface area contributed by atoms with Gasteiger partial charge in [-0.1, -0.05) is 12.1 Å². The molecule has 26 heavy (non-hydrogen) atoms. The van der Waals surface area contributed by atoms with E-state index in [1.54, 1.807) is 30.3 Å². The lowest BCUT2D eigenvalue weighted by Crippen LogP contribution is -2.12. The summed E-state index contributed by atoms with van der Waals surface area (Å²) in [5.41, 5.74) is 6.97. The molecular formula is C18H17FN4O3. The zero-order valence-electron chi connectivity index (χ0n) is 14.0. The molecule has 0 bridgehead atoms. The lowest BCUT2D eigenvalue weighted by atomic mass is 10.1. The highest BCUT2D eigenvalue weighted by atomic mass is 19.1. The molecule has 134 valence electrons. The Kier molecular flexibility index (Phi) is 5.12. The molecule has 0 aliphatic heterocycles. The first kappa shape index (κ1) is 17.4. The van der Waals surface area contributed by atoms with E-state index in [0.717, 1.165) is 0 Å². The van der Waals surface area contributed by atoms with Gasteiger partial charge in [0.1, 0.15) is 18.1 Å². The van der Waals surface area contributed by atoms with E-state index in [0.29, 0.717) is 34.9 Å². The van der Waals surface area contributed by atoms with Gasteiger partial charge in [-0.05, 0) is 42.8 Å². The van der Waals surface area contributed by atoms with Crippen molar-refractivity contribution < 1.29 is 18.7 Å². The summed E-state index contributed by atoms with van der Waals surface area (Å²) < 4.78 is 24.6. The summed E-state index contributed by atoms with van der Waals surface area (Å²) in [6, 6.07) is 11.3. The van der Waals surface area contributed by atoms with E-state index >= 15 is 0 Å². The van der Waals surface area contributed by atoms with Crippen LogP contribution in [0, 0.1) is 5.82 Å². The second-order valence-corrected chi connectivity index (χ2v) is 5.40. The van der Waals surface area contributed by atoms with Crippen molar-refractivity contribution in [3.63, 3.8) is 0 Å². The third kappa shape index (κ3) is 3.80. The first-order valence-corrected chi connectivity index (χ1v) is 7.93. The number of ether oxygens (including phenoxy) is 2. The first-order chi connectivity index (χ1) is 12.6. The fourth-order valence-electron chi connectivity index (χ4n) is 2.43. The van der Waals surface area contributed by atoms with Gasteiger partial charge in [0.2, 0.25) is 0 Å². The molecule has 1 amide bonds. The fraction of sp³-hybridized carbons (Fsp3) is 0.167. The Hall–Kier alpha value is -3.42. The topological polar surface area (TPSA) is 103 Å². The zero-order chi connectivity index (χ0) is 18.5. The molecule has 8 heteroatoms. The lowest BCUT2D eigenvalue weighted by Gasteiger charge is -2.13. The maximum absolute atomic E-state index is 13.3. The van der Waals surface area contributed by atoms with Crippen molar-refractivity contribution in [2.75, 3.05) is 6.61 Å². The maximum atomic E-state index is 13.3. The van der Waals surface area contributed by atoms with Crippen molar-refractivity contribution >= 4 is 5.91 Å². The number of nitrogens with zero attached hydrogens (tertiary/aromatic N) is 2. The zero-order valence-corrected chi connectivity index (χ0v) is 14.0. The maximum Gasteiger partial charge on any atom is 0.271 e. The summed E-state index contributed by atoms with van der Waals surface area (Å²) in [5.74, 6) is -0.0431. The number of aromatic amines is 1. The number of nitrogens with one attached hydrogen (secondary N) is 1. The number of H-pyrrole nitrogens is 1. The average molecular weight is 356 g/mol. The Morgan fingerprint density at radius 2 is 2.00 bits per heavy atom. The number of carbonyl (C=O) groups is 1. The molecule has 0 fully saturated rings. The Labute approximate surface area is 148 Å². The van der Waals surface area contributed by atoms with Crippen molar-refractivity contribution in [1.29, 1.82) is 0 Å². The van der Waals surface area contributed by atoms with Crippen LogP contribution < -0.4 is 15.2 Å². The van der Waals surface area contributed by atoms with Gasteiger partial charge in [-0.15, -0.1) is 0 Å². The second kappa shape index (κ2) is 7.64. The van der Waals surface area contributed by atoms with Gasteiger partial charge in [-0.25, -0.2) is 4.39 Å². The Bertz CT molecular complexity index is 926. The molecule has 3 aromatic rings. The van der Waals surface area contributed by atoms with Gasteiger partial charge >= 0.3 is 0 Å². The van der Waals surface area contributed by atoms with Crippen LogP contribution in [0.2, 0.25) is 0 Å². The molecule has 1 aromatic heterocycles. The minimum Gasteiger partial charge on any atom is -0.490 e. The third-order valence-electron chi connectivity index (χ3n) is 3.58. The monoisotopic (exact) mass is 356 g/mol. The number of nitrogens with two attached hydrogens (primary N) is 1. The lowest BCUT2D eigenvalue weighted by molar-refractivity contribution is 0.0996. The van der Waals surface area contributed by atoms with Gasteiger partial charge in [0.05, 0.1) is 6.61 Å². The van der Waals surface area contributed by atoms with E-state index in [-0.39, 0.29) is 18.1 Å². The summed E-state index contributed by atoms with van der Waals surface area (Å²) in [6.45, 7) is 2.45. The molecule has 3 N–H and O–H groups in total. The molecule has 0 radical (unpaired) electrons. The van der Waals surface area contributed by atoms with Crippen LogP contribution in [0.25, 0.3) is 11.3 Å². The van der Waals surface area contributed by atoms with E-state index in [1.807, 2.05) is 6.92 Å². The van der Waals surface area contributed by atoms with Crippen LogP contribution in [0.5, 0.6) is 11.5 Å². The molecule has 1 heterocycles. The van der Waals surface area contributed by atoms with E-state index in [9.17, 15) is 9.18 Å². The Morgan fingerprint density at radius 1 is 1.15 bits per heavy atom. The molecular weight excluding hydrogens is 339 g/mol. The quantitative estimate of drug-likeness (QED) is 0.677. The van der Waals surface area contributed by atoms with E-state index in [4.69, 9.17) is 15.2 Å². The number of amides is 1. The molecule has 0 aliphatic carbocycles. The van der Waals surface area contributed by atoms with E-state index < -0.39 is 5.91 Å². The normalized spacial score (nSPS) is 10.5. The van der Waals surface area contributed by atoms with Crippen molar-refractivity contribution in [2.24, 2.45) is 5.73 Å². The van der Waals surface area contributed by atoms with Crippen molar-refractivity contribution in [1.82, 2.24) is 15.4 Å². The minimum absolute atomic E-state index is 0.0425. The van der Waals surface area contributed by atoms with Crippen molar-refractivity contribution in [3.05, 3.63) is 59.5 Å². The van der Waals surface area contributed by atoms with Gasteiger partial charge in [-0.2, -0.15) is 15.4 Å². The number of primary amides is 1. The summed E-state index contributed by atoms with van der Waals surface area (Å²) in [4.78, 5) is 11.4. The summed E-state index contributed by atoms with van der Waals surface area (Å²) >= 11 is 0. The SMILES string of the molecule is CCOc1cc(-c2n[nH]nc2C(N)=O)ccc1OCc1cccc(F)c1. The number of hydrogen-bond acceptors (Lipinski definition) is 5. The molecule has 0 aliphatic rings. The van der Waals surface area contributed by atoms with Gasteiger partial charge in [-0.3, -0.25) is 4.79 Å². The Morgan fingerprint density at radius 3 is 2.73 bits per heavy atom. The van der Waals surface area contributed by atoms with E-state index in [1.165, 1.54) is 12.1 Å². The van der Waals surface area contributed by atoms with Crippen LogP contribution in [0.1, 0.15) is 23.0 Å². The van der Waals surface area contributed by atoms with E-state index in [2.05, 4.69) is 15.4 Å². The van der Waals surface area contributed by atoms with Gasteiger partial charge < -0.3 is 15.2 Å². The second-order valence-electron chi connectivity index (χ2n) is 5.40. The standard InChI is InChI=1S/C18H17FN4O3/c1-2-25-15-9-12(16-17(18(20)24)22-23-21-16)6-7-14(15)26-10-11-4-3-5-13(19)8-11/h3-9H,2,10H2,1H3,(H2,20,24)(H,21,22,23). The molecule has 0 atom stereocenters. The molecule has 0 unspecified atom stereocenters. The number of aromatic nitrogens is 3. The summed E-state index contributed by atoms with van der Waals surface area (Å²) in [6.07, 6.45) is 0. The number of carbonyl (C=O) groups excluding carboxylic acids is 1. The highest BCUT2D eigenvalue weighted by Gasteiger charge is 2.17. The van der Waals surface area contributed by atoms with Gasteiger partial charge in [0.15, 0.2) is 17.2 Å². The van der Waals surface area contributed by atoms with Crippen molar-refractivity contribution in [2.45, 2.75) is 13.5 Å². The van der Waals surface area contributed by atoms with Crippen LogP contribution in [0.4, 0.5) is 4.39 Å². The largest absolute Gasteiger partial charge is 0.490 e.